The fourth-order valence-corrected chi connectivity index (χ4v) is 4.47. The number of anilines is 1. The number of aliphatic hydroxyl groups excluding tert-OH is 1. The second kappa shape index (κ2) is 10.1. The van der Waals surface area contributed by atoms with E-state index < -0.39 is 17.7 Å². The first kappa shape index (κ1) is 23.5. The number of ketones is 1. The van der Waals surface area contributed by atoms with Crippen LogP contribution in [0.4, 0.5) is 5.13 Å². The Balaban J connectivity index is 1.90. The lowest BCUT2D eigenvalue weighted by Crippen LogP contribution is -2.29. The number of Topliss-reactive ketones (excluding diaryl/α,β-unsaturated/α-hetero) is 1. The maximum absolute atomic E-state index is 13.2. The van der Waals surface area contributed by atoms with Crippen LogP contribution in [0.1, 0.15) is 24.1 Å². The number of benzene rings is 2. The highest BCUT2D eigenvalue weighted by atomic mass is 35.5. The molecule has 174 valence electrons. The van der Waals surface area contributed by atoms with Crippen molar-refractivity contribution in [2.24, 2.45) is 0 Å². The maximum Gasteiger partial charge on any atom is 0.301 e. The molecule has 0 spiro atoms. The number of carbonyl (C=O) groups excluding carboxylic acids is 2. The summed E-state index contributed by atoms with van der Waals surface area (Å²) in [6.07, 6.45) is 3.17. The Morgan fingerprint density at radius 1 is 1.21 bits per heavy atom. The second-order valence-electron chi connectivity index (χ2n) is 7.23. The molecule has 1 atom stereocenters. The number of aliphatic hydroxyl groups is 1. The Morgan fingerprint density at radius 3 is 2.62 bits per heavy atom. The number of halogens is 1. The van der Waals surface area contributed by atoms with E-state index in [4.69, 9.17) is 21.1 Å². The molecule has 1 aromatic heterocycles. The summed E-state index contributed by atoms with van der Waals surface area (Å²) in [6, 6.07) is 10.6. The van der Waals surface area contributed by atoms with E-state index in [1.165, 1.54) is 16.2 Å². The molecule has 0 saturated carbocycles. The predicted molar refractivity (Wildman–Crippen MR) is 132 cm³/mol. The van der Waals surface area contributed by atoms with Gasteiger partial charge in [0.1, 0.15) is 12.4 Å². The number of rotatable bonds is 8. The summed E-state index contributed by atoms with van der Waals surface area (Å²) >= 11 is 7.19. The molecule has 34 heavy (non-hydrogen) atoms. The van der Waals surface area contributed by atoms with Gasteiger partial charge in [-0.15, -0.1) is 11.3 Å². The van der Waals surface area contributed by atoms with Crippen LogP contribution in [0, 0.1) is 0 Å². The highest BCUT2D eigenvalue weighted by Gasteiger charge is 2.48. The van der Waals surface area contributed by atoms with Crippen molar-refractivity contribution in [3.05, 3.63) is 88.4 Å². The zero-order valence-corrected chi connectivity index (χ0v) is 19.8. The molecule has 1 aliphatic rings. The van der Waals surface area contributed by atoms with Gasteiger partial charge in [-0.2, -0.15) is 0 Å². The molecule has 4 rings (SSSR count). The zero-order chi connectivity index (χ0) is 24.2. The van der Waals surface area contributed by atoms with E-state index in [-0.39, 0.29) is 17.9 Å². The molecule has 1 saturated heterocycles. The van der Waals surface area contributed by atoms with Crippen molar-refractivity contribution in [1.29, 1.82) is 0 Å². The molecule has 2 heterocycles. The van der Waals surface area contributed by atoms with E-state index in [2.05, 4.69) is 11.6 Å². The molecule has 1 fully saturated rings. The highest BCUT2D eigenvalue weighted by Crippen LogP contribution is 2.44. The Morgan fingerprint density at radius 2 is 1.97 bits per heavy atom. The number of hydrogen-bond acceptors (Lipinski definition) is 7. The van der Waals surface area contributed by atoms with Crippen LogP contribution in [0.2, 0.25) is 5.02 Å². The molecule has 2 aromatic carbocycles. The van der Waals surface area contributed by atoms with Gasteiger partial charge in [0, 0.05) is 22.2 Å². The molecule has 7 nitrogen and oxygen atoms in total. The quantitative estimate of drug-likeness (QED) is 0.195. The fraction of sp³-hybridized carbons (Fsp3) is 0.160. The summed E-state index contributed by atoms with van der Waals surface area (Å²) < 4.78 is 11.4. The Bertz CT molecular complexity index is 1250. The monoisotopic (exact) mass is 496 g/mol. The van der Waals surface area contributed by atoms with Crippen LogP contribution in [-0.2, 0) is 9.59 Å². The van der Waals surface area contributed by atoms with Gasteiger partial charge in [-0.3, -0.25) is 14.5 Å². The van der Waals surface area contributed by atoms with Gasteiger partial charge in [-0.05, 0) is 48.9 Å². The number of hydrogen-bond donors (Lipinski definition) is 1. The van der Waals surface area contributed by atoms with E-state index in [1.54, 1.807) is 60.1 Å². The third-order valence-electron chi connectivity index (χ3n) is 5.13. The summed E-state index contributed by atoms with van der Waals surface area (Å²) in [7, 11) is 0. The summed E-state index contributed by atoms with van der Waals surface area (Å²) in [6.45, 7) is 6.16. The molecular formula is C25H21ClN2O5S. The van der Waals surface area contributed by atoms with Gasteiger partial charge >= 0.3 is 5.91 Å². The molecule has 1 aliphatic heterocycles. The number of nitrogens with zero attached hydrogens (tertiary/aromatic N) is 2. The van der Waals surface area contributed by atoms with Gasteiger partial charge in [0.25, 0.3) is 5.78 Å². The summed E-state index contributed by atoms with van der Waals surface area (Å²) in [5.74, 6) is -0.950. The van der Waals surface area contributed by atoms with E-state index >= 15 is 0 Å². The number of carbonyl (C=O) groups is 2. The number of amides is 1. The zero-order valence-electron chi connectivity index (χ0n) is 18.2. The SMILES string of the molecule is C=CCOc1ccc(C2/C(=C(\O)c3ccc(Cl)cc3)C(=O)C(=O)N2c2nccs2)cc1OCC. The molecule has 0 radical (unpaired) electrons. The first-order valence-corrected chi connectivity index (χ1v) is 11.7. The molecule has 0 bridgehead atoms. The first-order valence-electron chi connectivity index (χ1n) is 10.4. The largest absolute Gasteiger partial charge is 0.507 e. The highest BCUT2D eigenvalue weighted by molar-refractivity contribution is 7.14. The lowest BCUT2D eigenvalue weighted by Gasteiger charge is -2.24. The Kier molecular flexibility index (Phi) is 7.00. The first-order chi connectivity index (χ1) is 16.5. The molecule has 1 amide bonds. The average molecular weight is 497 g/mol. The third kappa shape index (κ3) is 4.42. The van der Waals surface area contributed by atoms with Crippen LogP contribution < -0.4 is 14.4 Å². The van der Waals surface area contributed by atoms with E-state index in [9.17, 15) is 14.7 Å². The molecule has 9 heteroatoms. The Hall–Kier alpha value is -3.62. The van der Waals surface area contributed by atoms with E-state index in [0.717, 1.165) is 0 Å². The minimum absolute atomic E-state index is 0.0512. The second-order valence-corrected chi connectivity index (χ2v) is 8.54. The minimum atomic E-state index is -0.922. The molecule has 1 unspecified atom stereocenters. The van der Waals surface area contributed by atoms with Gasteiger partial charge in [-0.1, -0.05) is 30.3 Å². The molecule has 1 N–H and O–H groups in total. The van der Waals surface area contributed by atoms with Gasteiger partial charge in [-0.25, -0.2) is 4.98 Å². The Labute approximate surface area is 205 Å². The standard InChI is InChI=1S/C25H21ClN2O5S/c1-3-12-33-18-10-7-16(14-19(18)32-4-2)21-20(22(29)15-5-8-17(26)9-6-15)23(30)24(31)28(21)25-27-11-13-34-25/h3,5-11,13-14,21,29H,1,4,12H2,2H3/b22-20+. The van der Waals surface area contributed by atoms with Crippen LogP contribution in [0.5, 0.6) is 11.5 Å². The lowest BCUT2D eigenvalue weighted by molar-refractivity contribution is -0.132. The van der Waals surface area contributed by atoms with Crippen LogP contribution in [0.25, 0.3) is 5.76 Å². The van der Waals surface area contributed by atoms with Gasteiger partial charge < -0.3 is 14.6 Å². The molecule has 3 aromatic rings. The summed E-state index contributed by atoms with van der Waals surface area (Å²) in [5.41, 5.74) is 0.867. The van der Waals surface area contributed by atoms with Gasteiger partial charge in [0.15, 0.2) is 16.6 Å². The fourth-order valence-electron chi connectivity index (χ4n) is 3.67. The van der Waals surface area contributed by atoms with Crippen molar-refractivity contribution in [2.45, 2.75) is 13.0 Å². The van der Waals surface area contributed by atoms with Crippen LogP contribution in [0.15, 0.2) is 72.3 Å². The predicted octanol–water partition coefficient (Wildman–Crippen LogP) is 5.39. The number of aromatic nitrogens is 1. The molecule has 0 aliphatic carbocycles. The van der Waals surface area contributed by atoms with Crippen molar-refractivity contribution in [2.75, 3.05) is 18.1 Å². The van der Waals surface area contributed by atoms with Crippen LogP contribution in [-0.4, -0.2) is 35.0 Å². The van der Waals surface area contributed by atoms with Gasteiger partial charge in [0.05, 0.1) is 18.2 Å². The third-order valence-corrected chi connectivity index (χ3v) is 6.15. The van der Waals surface area contributed by atoms with Crippen molar-refractivity contribution < 1.29 is 24.2 Å². The maximum atomic E-state index is 13.2. The summed E-state index contributed by atoms with van der Waals surface area (Å²) in [5, 5.41) is 13.7. The van der Waals surface area contributed by atoms with Gasteiger partial charge in [0.2, 0.25) is 0 Å². The smallest absolute Gasteiger partial charge is 0.301 e. The van der Waals surface area contributed by atoms with Crippen molar-refractivity contribution in [3.8, 4) is 11.5 Å². The van der Waals surface area contributed by atoms with Crippen molar-refractivity contribution in [3.63, 3.8) is 0 Å². The van der Waals surface area contributed by atoms with E-state index in [1.807, 2.05) is 6.92 Å². The topological polar surface area (TPSA) is 89.0 Å². The normalized spacial score (nSPS) is 17.1. The van der Waals surface area contributed by atoms with E-state index in [0.29, 0.717) is 39.4 Å². The lowest BCUT2D eigenvalue weighted by atomic mass is 9.95. The average Bonchev–Trinajstić information content (AvgIpc) is 3.45. The van der Waals surface area contributed by atoms with Crippen LogP contribution in [0.3, 0.4) is 0 Å². The summed E-state index contributed by atoms with van der Waals surface area (Å²) in [4.78, 5) is 31.8. The van der Waals surface area contributed by atoms with Crippen LogP contribution >= 0.6 is 22.9 Å². The van der Waals surface area contributed by atoms with Crippen molar-refractivity contribution in [1.82, 2.24) is 4.98 Å². The molecular weight excluding hydrogens is 476 g/mol. The minimum Gasteiger partial charge on any atom is -0.507 e. The van der Waals surface area contributed by atoms with Crippen molar-refractivity contribution >= 4 is 45.5 Å². The number of thiazole rings is 1. The number of ether oxygens (including phenoxy) is 2.